The van der Waals surface area contributed by atoms with E-state index in [-0.39, 0.29) is 12.5 Å². The molecule has 0 rings (SSSR count). The van der Waals surface area contributed by atoms with Gasteiger partial charge in [-0.1, -0.05) is 62.6 Å². The Kier molecular flexibility index (Phi) is 13.5. The van der Waals surface area contributed by atoms with Crippen LogP contribution in [0.3, 0.4) is 0 Å². The maximum atomic E-state index is 11.5. The molecule has 1 atom stereocenters. The first-order chi connectivity index (χ1) is 13.2. The SMILES string of the molecule is CC(C)=CCC/C(=C/CC/C(=C/COP(=O)(O)OP(=O)(O)O)C(C)C)CC(C)C. The second-order valence-corrected chi connectivity index (χ2v) is 10.9. The van der Waals surface area contributed by atoms with Crippen molar-refractivity contribution in [3.63, 3.8) is 0 Å². The van der Waals surface area contributed by atoms with Crippen LogP contribution in [0.1, 0.15) is 73.6 Å². The summed E-state index contributed by atoms with van der Waals surface area (Å²) in [6.07, 6.45) is 11.0. The maximum Gasteiger partial charge on any atom is 0.481 e. The van der Waals surface area contributed by atoms with Crippen molar-refractivity contribution in [2.75, 3.05) is 6.61 Å². The van der Waals surface area contributed by atoms with Crippen LogP contribution in [0.5, 0.6) is 0 Å². The predicted molar refractivity (Wildman–Crippen MR) is 117 cm³/mol. The summed E-state index contributed by atoms with van der Waals surface area (Å²) in [5, 5.41) is 0. The van der Waals surface area contributed by atoms with Crippen molar-refractivity contribution in [3.8, 4) is 0 Å². The summed E-state index contributed by atoms with van der Waals surface area (Å²) < 4.78 is 30.6. The van der Waals surface area contributed by atoms with E-state index in [9.17, 15) is 14.0 Å². The summed E-state index contributed by atoms with van der Waals surface area (Å²) >= 11 is 0. The minimum absolute atomic E-state index is 0.215. The summed E-state index contributed by atoms with van der Waals surface area (Å²) in [5.41, 5.74) is 3.81. The van der Waals surface area contributed by atoms with Crippen LogP contribution in [0.4, 0.5) is 0 Å². The molecule has 0 aliphatic carbocycles. The summed E-state index contributed by atoms with van der Waals surface area (Å²) in [7, 11) is -9.90. The first-order valence-electron chi connectivity index (χ1n) is 9.96. The molecule has 170 valence electrons. The van der Waals surface area contributed by atoms with Crippen LogP contribution in [0.25, 0.3) is 0 Å². The van der Waals surface area contributed by atoms with E-state index >= 15 is 0 Å². The van der Waals surface area contributed by atoms with E-state index in [2.05, 4.69) is 48.7 Å². The standard InChI is InChI=1S/C20H38O7P2/c1-16(2)9-7-10-19(15-17(3)4)11-8-12-20(18(5)6)13-14-26-29(24,25)27-28(21,22)23/h9,11,13,17-18H,7-8,10,12,14-15H2,1-6H3,(H,24,25)(H2,21,22,23)/b19-11-,20-13-. The van der Waals surface area contributed by atoms with Gasteiger partial charge >= 0.3 is 15.6 Å². The number of phosphoric ester groups is 1. The van der Waals surface area contributed by atoms with Gasteiger partial charge in [-0.3, -0.25) is 4.52 Å². The van der Waals surface area contributed by atoms with E-state index < -0.39 is 15.6 Å². The first kappa shape index (κ1) is 28.5. The van der Waals surface area contributed by atoms with Crippen molar-refractivity contribution in [2.45, 2.75) is 73.6 Å². The topological polar surface area (TPSA) is 113 Å². The molecule has 0 radical (unpaired) electrons. The number of hydrogen-bond donors (Lipinski definition) is 3. The van der Waals surface area contributed by atoms with Crippen LogP contribution in [-0.4, -0.2) is 21.3 Å². The van der Waals surface area contributed by atoms with Crippen molar-refractivity contribution < 1.29 is 32.6 Å². The Balaban J connectivity index is 4.89. The third kappa shape index (κ3) is 16.9. The first-order valence-corrected chi connectivity index (χ1v) is 13.0. The van der Waals surface area contributed by atoms with Crippen molar-refractivity contribution in [3.05, 3.63) is 34.9 Å². The lowest BCUT2D eigenvalue weighted by Gasteiger charge is -2.14. The van der Waals surface area contributed by atoms with Crippen LogP contribution in [0.2, 0.25) is 0 Å². The molecule has 3 N–H and O–H groups in total. The van der Waals surface area contributed by atoms with Gasteiger partial charge in [0.2, 0.25) is 0 Å². The van der Waals surface area contributed by atoms with Crippen molar-refractivity contribution in [1.29, 1.82) is 0 Å². The third-order valence-electron chi connectivity index (χ3n) is 4.09. The fraction of sp³-hybridized carbons (Fsp3) is 0.700. The predicted octanol–water partition coefficient (Wildman–Crippen LogP) is 6.29. The van der Waals surface area contributed by atoms with Gasteiger partial charge in [-0.05, 0) is 57.8 Å². The number of allylic oxidation sites excluding steroid dienone is 5. The second-order valence-electron chi connectivity index (χ2n) is 8.09. The van der Waals surface area contributed by atoms with E-state index in [1.54, 1.807) is 6.08 Å². The Labute approximate surface area is 175 Å². The van der Waals surface area contributed by atoms with E-state index in [1.165, 1.54) is 11.1 Å². The summed E-state index contributed by atoms with van der Waals surface area (Å²) in [6, 6.07) is 0. The zero-order chi connectivity index (χ0) is 22.7. The Bertz CT molecular complexity index is 668. The minimum Gasteiger partial charge on any atom is -0.302 e. The molecule has 0 aliphatic rings. The smallest absolute Gasteiger partial charge is 0.302 e. The molecule has 0 saturated carbocycles. The molecule has 0 heterocycles. The normalized spacial score (nSPS) is 15.7. The van der Waals surface area contributed by atoms with Gasteiger partial charge < -0.3 is 14.7 Å². The lowest BCUT2D eigenvalue weighted by molar-refractivity contribution is 0.190. The van der Waals surface area contributed by atoms with Crippen molar-refractivity contribution in [2.24, 2.45) is 11.8 Å². The highest BCUT2D eigenvalue weighted by atomic mass is 31.3. The maximum absolute atomic E-state index is 11.5. The zero-order valence-corrected chi connectivity index (χ0v) is 20.3. The number of hydrogen-bond acceptors (Lipinski definition) is 4. The lowest BCUT2D eigenvalue weighted by Crippen LogP contribution is -1.99. The molecule has 0 aromatic carbocycles. The molecule has 0 spiro atoms. The summed E-state index contributed by atoms with van der Waals surface area (Å²) in [5.74, 6) is 0.807. The highest BCUT2D eigenvalue weighted by Crippen LogP contribution is 2.57. The van der Waals surface area contributed by atoms with E-state index in [4.69, 9.17) is 9.79 Å². The van der Waals surface area contributed by atoms with Gasteiger partial charge in [0, 0.05) is 0 Å². The van der Waals surface area contributed by atoms with Crippen LogP contribution >= 0.6 is 15.6 Å². The number of rotatable bonds is 14. The van der Waals surface area contributed by atoms with Gasteiger partial charge in [0.25, 0.3) is 0 Å². The Morgan fingerprint density at radius 2 is 1.52 bits per heavy atom. The average molecular weight is 452 g/mol. The molecule has 1 unspecified atom stereocenters. The Morgan fingerprint density at radius 3 is 2.00 bits per heavy atom. The van der Waals surface area contributed by atoms with Crippen LogP contribution in [0, 0.1) is 11.8 Å². The Hall–Kier alpha value is -0.520. The fourth-order valence-electron chi connectivity index (χ4n) is 2.82. The highest BCUT2D eigenvalue weighted by Gasteiger charge is 2.31. The molecule has 0 aliphatic heterocycles. The van der Waals surface area contributed by atoms with Gasteiger partial charge in [-0.25, -0.2) is 9.13 Å². The highest BCUT2D eigenvalue weighted by molar-refractivity contribution is 7.60. The van der Waals surface area contributed by atoms with Crippen molar-refractivity contribution in [1.82, 2.24) is 0 Å². The second kappa shape index (κ2) is 13.7. The quantitative estimate of drug-likeness (QED) is 0.209. The molecular formula is C20H38O7P2. The molecule has 29 heavy (non-hydrogen) atoms. The molecule has 9 heteroatoms. The molecule has 0 bridgehead atoms. The molecule has 0 fully saturated rings. The molecule has 0 amide bonds. The van der Waals surface area contributed by atoms with E-state index in [0.717, 1.165) is 37.7 Å². The van der Waals surface area contributed by atoms with Crippen molar-refractivity contribution >= 4 is 15.6 Å². The van der Waals surface area contributed by atoms with Gasteiger partial charge in [-0.2, -0.15) is 4.31 Å². The van der Waals surface area contributed by atoms with Gasteiger partial charge in [0.15, 0.2) is 0 Å². The van der Waals surface area contributed by atoms with E-state index in [0.29, 0.717) is 5.92 Å². The van der Waals surface area contributed by atoms with Crippen LogP contribution in [-0.2, 0) is 18.0 Å². The lowest BCUT2D eigenvalue weighted by atomic mass is 9.94. The van der Waals surface area contributed by atoms with Gasteiger partial charge in [0.1, 0.15) is 0 Å². The number of phosphoric acid groups is 2. The third-order valence-corrected chi connectivity index (χ3v) is 6.24. The monoisotopic (exact) mass is 452 g/mol. The van der Waals surface area contributed by atoms with Gasteiger partial charge in [-0.15, -0.1) is 0 Å². The molecular weight excluding hydrogens is 414 g/mol. The molecule has 0 aromatic heterocycles. The van der Waals surface area contributed by atoms with Crippen LogP contribution in [0.15, 0.2) is 34.9 Å². The molecule has 0 saturated heterocycles. The summed E-state index contributed by atoms with van der Waals surface area (Å²) in [6.45, 7) is 12.4. The Morgan fingerprint density at radius 1 is 0.931 bits per heavy atom. The molecule has 7 nitrogen and oxygen atoms in total. The van der Waals surface area contributed by atoms with Crippen LogP contribution < -0.4 is 0 Å². The molecule has 0 aromatic rings. The van der Waals surface area contributed by atoms with Gasteiger partial charge in [0.05, 0.1) is 6.61 Å². The van der Waals surface area contributed by atoms with E-state index in [1.807, 2.05) is 13.8 Å². The fourth-order valence-corrected chi connectivity index (χ4v) is 4.35. The minimum atomic E-state index is -5.10. The largest absolute Gasteiger partial charge is 0.481 e. The zero-order valence-electron chi connectivity index (χ0n) is 18.5. The summed E-state index contributed by atoms with van der Waals surface area (Å²) in [4.78, 5) is 26.6. The average Bonchev–Trinajstić information content (AvgIpc) is 2.49.